The molecule has 26 heavy (non-hydrogen) atoms. The van der Waals surface area contributed by atoms with E-state index >= 15 is 0 Å². The molecule has 0 saturated heterocycles. The Hall–Kier alpha value is -2.17. The van der Waals surface area contributed by atoms with E-state index in [0.29, 0.717) is 12.1 Å². The van der Waals surface area contributed by atoms with E-state index in [1.54, 1.807) is 30.0 Å². The van der Waals surface area contributed by atoms with E-state index in [1.807, 2.05) is 19.3 Å². The van der Waals surface area contributed by atoms with E-state index in [-0.39, 0.29) is 10.9 Å². The van der Waals surface area contributed by atoms with Crippen LogP contribution in [0.1, 0.15) is 26.3 Å². The number of hydrogen-bond donors (Lipinski definition) is 1. The number of rotatable bonds is 8. The molecule has 2 N–H and O–H groups in total. The molecule has 7 heteroatoms. The highest BCUT2D eigenvalue weighted by molar-refractivity contribution is 8.04. The predicted molar refractivity (Wildman–Crippen MR) is 114 cm³/mol. The monoisotopic (exact) mass is 391 g/mol. The first-order valence-corrected chi connectivity index (χ1v) is 9.86. The van der Waals surface area contributed by atoms with Crippen LogP contribution in [0.3, 0.4) is 0 Å². The van der Waals surface area contributed by atoms with Crippen LogP contribution in [-0.2, 0) is 6.42 Å². The van der Waals surface area contributed by atoms with Crippen molar-refractivity contribution in [2.24, 2.45) is 5.73 Å². The maximum absolute atomic E-state index is 10.7. The zero-order valence-corrected chi connectivity index (χ0v) is 17.0. The van der Waals surface area contributed by atoms with Gasteiger partial charge in [0.1, 0.15) is 5.40 Å². The Morgan fingerprint density at radius 2 is 2.00 bits per heavy atom. The first-order chi connectivity index (χ1) is 12.4. The molecule has 0 saturated carbocycles. The van der Waals surface area contributed by atoms with Gasteiger partial charge in [-0.1, -0.05) is 29.9 Å². The minimum atomic E-state index is -0.431. The highest BCUT2D eigenvalue weighted by atomic mass is 32.2. The topological polar surface area (TPSA) is 92.9 Å². The molecule has 1 rings (SSSR count). The van der Waals surface area contributed by atoms with Crippen LogP contribution in [0.25, 0.3) is 0 Å². The molecule has 0 bridgehead atoms. The van der Waals surface area contributed by atoms with E-state index < -0.39 is 4.92 Å². The summed E-state index contributed by atoms with van der Waals surface area (Å²) in [6, 6.07) is 6.34. The van der Waals surface area contributed by atoms with Crippen LogP contribution >= 0.6 is 23.5 Å². The number of nitrogens with zero attached hydrogens (tertiary/aromatic N) is 2. The number of nitro groups is 1. The predicted octanol–water partition coefficient (Wildman–Crippen LogP) is 5.41. The Labute approximate surface area is 164 Å². The third-order valence-electron chi connectivity index (χ3n) is 3.16. The molecule has 1 aromatic carbocycles. The average Bonchev–Trinajstić information content (AvgIpc) is 2.62. The molecular weight excluding hydrogens is 366 g/mol. The van der Waals surface area contributed by atoms with E-state index in [9.17, 15) is 10.1 Å². The molecule has 1 unspecified atom stereocenters. The van der Waals surface area contributed by atoms with Crippen molar-refractivity contribution in [1.29, 1.82) is 5.26 Å². The number of benzene rings is 1. The highest BCUT2D eigenvalue weighted by Gasteiger charge is 2.14. The third-order valence-corrected chi connectivity index (χ3v) is 5.05. The summed E-state index contributed by atoms with van der Waals surface area (Å²) in [7, 11) is 0. The summed E-state index contributed by atoms with van der Waals surface area (Å²) in [6.45, 7) is 9.29. The van der Waals surface area contributed by atoms with Gasteiger partial charge < -0.3 is 5.73 Å². The van der Waals surface area contributed by atoms with Gasteiger partial charge in [0.25, 0.3) is 5.69 Å². The van der Waals surface area contributed by atoms with Crippen molar-refractivity contribution in [3.8, 4) is 5.40 Å². The second kappa shape index (κ2) is 14.0. The van der Waals surface area contributed by atoms with E-state index in [0.717, 1.165) is 23.1 Å². The fourth-order valence-corrected chi connectivity index (χ4v) is 3.25. The van der Waals surface area contributed by atoms with Gasteiger partial charge in [-0.25, -0.2) is 0 Å². The van der Waals surface area contributed by atoms with E-state index in [4.69, 9.17) is 11.0 Å². The SMILES string of the molecule is C/C=C(\C)CS/C=C(\N)C(Cc1ccc([N+](=O)[O-])cc1)SC#N.C=CC. The van der Waals surface area contributed by atoms with Gasteiger partial charge in [0.05, 0.1) is 10.2 Å². The van der Waals surface area contributed by atoms with Crippen molar-refractivity contribution in [2.45, 2.75) is 32.4 Å². The maximum Gasteiger partial charge on any atom is 0.269 e. The lowest BCUT2D eigenvalue weighted by Crippen LogP contribution is -2.16. The van der Waals surface area contributed by atoms with Crippen molar-refractivity contribution >= 4 is 29.2 Å². The van der Waals surface area contributed by atoms with Gasteiger partial charge >= 0.3 is 0 Å². The van der Waals surface area contributed by atoms with Crippen LogP contribution in [0.5, 0.6) is 0 Å². The smallest absolute Gasteiger partial charge is 0.269 e. The van der Waals surface area contributed by atoms with Gasteiger partial charge in [-0.2, -0.15) is 5.26 Å². The van der Waals surface area contributed by atoms with Crippen LogP contribution in [0.15, 0.2) is 59.7 Å². The van der Waals surface area contributed by atoms with Crippen LogP contribution in [0.2, 0.25) is 0 Å². The van der Waals surface area contributed by atoms with Crippen LogP contribution < -0.4 is 5.73 Å². The zero-order valence-electron chi connectivity index (χ0n) is 15.3. The second-order valence-electron chi connectivity index (χ2n) is 5.30. The molecular formula is C19H25N3O2S2. The van der Waals surface area contributed by atoms with Crippen molar-refractivity contribution < 1.29 is 4.92 Å². The van der Waals surface area contributed by atoms with Crippen molar-refractivity contribution in [1.82, 2.24) is 0 Å². The molecule has 0 fully saturated rings. The maximum atomic E-state index is 10.7. The van der Waals surface area contributed by atoms with Crippen molar-refractivity contribution in [3.63, 3.8) is 0 Å². The second-order valence-corrected chi connectivity index (χ2v) is 7.14. The molecule has 5 nitrogen and oxygen atoms in total. The zero-order chi connectivity index (χ0) is 19.9. The minimum Gasteiger partial charge on any atom is -0.401 e. The minimum absolute atomic E-state index is 0.0548. The number of thiocyanates is 1. The van der Waals surface area contributed by atoms with Gasteiger partial charge in [0.15, 0.2) is 0 Å². The summed E-state index contributed by atoms with van der Waals surface area (Å²) < 4.78 is 0. The van der Waals surface area contributed by atoms with Crippen molar-refractivity contribution in [2.75, 3.05) is 5.75 Å². The fraction of sp³-hybridized carbons (Fsp3) is 0.316. The van der Waals surface area contributed by atoms with Crippen LogP contribution in [0.4, 0.5) is 5.69 Å². The van der Waals surface area contributed by atoms with Gasteiger partial charge in [-0.15, -0.1) is 18.3 Å². The Kier molecular flexibility index (Phi) is 12.9. The largest absolute Gasteiger partial charge is 0.401 e. The number of hydrogen-bond acceptors (Lipinski definition) is 6. The fourth-order valence-electron chi connectivity index (χ4n) is 1.69. The summed E-state index contributed by atoms with van der Waals surface area (Å²) in [5.41, 5.74) is 8.97. The normalized spacial score (nSPS) is 12.4. The number of nitrogens with two attached hydrogens (primary N) is 1. The average molecular weight is 392 g/mol. The van der Waals surface area contributed by atoms with Gasteiger partial charge in [0, 0.05) is 23.6 Å². The Morgan fingerprint density at radius 1 is 1.42 bits per heavy atom. The first kappa shape index (κ1) is 23.8. The Balaban J connectivity index is 0.00000194. The third kappa shape index (κ3) is 9.97. The standard InChI is InChI=1S/C16H19N3O2S2.C3H6/c1-3-12(2)9-22-10-15(18)16(23-11-17)8-13-4-6-14(7-5-13)19(20)21;1-3-2/h3-7,10,16H,8-9,18H2,1-2H3;3H,1H2,2H3/b12-3+,15-10-;. The van der Waals surface area contributed by atoms with E-state index in [1.165, 1.54) is 17.7 Å². The summed E-state index contributed by atoms with van der Waals surface area (Å²) in [4.78, 5) is 10.2. The number of non-ortho nitro benzene ring substituents is 1. The lowest BCUT2D eigenvalue weighted by Gasteiger charge is -2.13. The van der Waals surface area contributed by atoms with Crippen LogP contribution in [0, 0.1) is 20.8 Å². The molecule has 0 aliphatic rings. The molecule has 0 aliphatic heterocycles. The quantitative estimate of drug-likeness (QED) is 0.275. The molecule has 140 valence electrons. The summed E-state index contributed by atoms with van der Waals surface area (Å²) in [5.74, 6) is 0.860. The summed E-state index contributed by atoms with van der Waals surface area (Å²) >= 11 is 2.70. The molecule has 0 heterocycles. The van der Waals surface area contributed by atoms with Gasteiger partial charge in [-0.05, 0) is 49.9 Å². The summed E-state index contributed by atoms with van der Waals surface area (Å²) in [5, 5.41) is 23.4. The summed E-state index contributed by atoms with van der Waals surface area (Å²) in [6.07, 6.45) is 4.36. The Bertz CT molecular complexity index is 677. The molecule has 0 spiro atoms. The van der Waals surface area contributed by atoms with Crippen LogP contribution in [-0.4, -0.2) is 15.9 Å². The number of thioether (sulfide) groups is 2. The molecule has 1 atom stereocenters. The molecule has 0 radical (unpaired) electrons. The van der Waals surface area contributed by atoms with Gasteiger partial charge in [0.2, 0.25) is 0 Å². The lowest BCUT2D eigenvalue weighted by atomic mass is 10.1. The van der Waals surface area contributed by atoms with Crippen molar-refractivity contribution in [3.05, 3.63) is 75.4 Å². The number of allylic oxidation sites excluding steroid dienone is 2. The lowest BCUT2D eigenvalue weighted by molar-refractivity contribution is -0.384. The Morgan fingerprint density at radius 3 is 2.46 bits per heavy atom. The molecule has 0 amide bonds. The van der Waals surface area contributed by atoms with Gasteiger partial charge in [-0.3, -0.25) is 10.1 Å². The van der Waals surface area contributed by atoms with E-state index in [2.05, 4.69) is 25.0 Å². The molecule has 0 aromatic heterocycles. The number of nitro benzene ring substituents is 1. The first-order valence-electron chi connectivity index (χ1n) is 7.93. The highest BCUT2D eigenvalue weighted by Crippen LogP contribution is 2.23. The number of nitriles is 1. The molecule has 0 aliphatic carbocycles. The molecule has 1 aromatic rings.